The number of carbonyl (C=O) groups is 1. The highest BCUT2D eigenvalue weighted by molar-refractivity contribution is 7.90. The van der Waals surface area contributed by atoms with Crippen LogP contribution in [0.4, 0.5) is 4.79 Å². The average molecular weight is 263 g/mol. The minimum Gasteiger partial charge on any atom is -0.351 e. The maximum Gasteiger partial charge on any atom is 0.326 e. The van der Waals surface area contributed by atoms with Crippen molar-refractivity contribution in [3.63, 3.8) is 0 Å². The molecular weight excluding hydrogens is 252 g/mol. The Morgan fingerprint density at radius 2 is 1.88 bits per heavy atom. The van der Waals surface area contributed by atoms with Crippen molar-refractivity contribution >= 4 is 27.7 Å². The fourth-order valence-electron chi connectivity index (χ4n) is 1.14. The van der Waals surface area contributed by atoms with E-state index in [0.29, 0.717) is 12.3 Å². The fraction of sp³-hybridized carbons (Fsp3) is 0.222. The first-order chi connectivity index (χ1) is 7.45. The van der Waals surface area contributed by atoms with Crippen LogP contribution >= 0.6 is 11.6 Å². The molecule has 0 bridgehead atoms. The van der Waals surface area contributed by atoms with Gasteiger partial charge in [-0.3, -0.25) is 0 Å². The Bertz CT molecular complexity index is 470. The summed E-state index contributed by atoms with van der Waals surface area (Å²) in [5, 5.41) is 0. The highest BCUT2D eigenvalue weighted by atomic mass is 35.5. The number of aryl methyl sites for hydroxylation is 1. The van der Waals surface area contributed by atoms with Crippen molar-refractivity contribution < 1.29 is 13.2 Å². The lowest BCUT2D eigenvalue weighted by Crippen LogP contribution is -2.34. The Morgan fingerprint density at radius 1 is 1.31 bits per heavy atom. The van der Waals surface area contributed by atoms with Crippen molar-refractivity contribution in [1.82, 2.24) is 4.72 Å². The molecule has 16 heavy (non-hydrogen) atoms. The standard InChI is InChI=1S/C9H11ClN2O3S/c10-6-5-7-1-3-8(4-2-7)16(14,15)12-9(11)13/h1-4H,5-6H2,(H3,11,12,13). The van der Waals surface area contributed by atoms with E-state index < -0.39 is 16.1 Å². The van der Waals surface area contributed by atoms with Crippen molar-refractivity contribution in [2.24, 2.45) is 5.73 Å². The molecule has 0 heterocycles. The molecule has 0 unspecified atom stereocenters. The van der Waals surface area contributed by atoms with Gasteiger partial charge in [-0.05, 0) is 24.1 Å². The second-order valence-corrected chi connectivity index (χ2v) is 5.11. The minimum atomic E-state index is -3.85. The van der Waals surface area contributed by atoms with E-state index in [9.17, 15) is 13.2 Å². The summed E-state index contributed by atoms with van der Waals surface area (Å²) < 4.78 is 24.6. The third-order valence-corrected chi connectivity index (χ3v) is 3.40. The zero-order valence-electron chi connectivity index (χ0n) is 8.31. The number of rotatable bonds is 4. The van der Waals surface area contributed by atoms with Crippen LogP contribution in [0.3, 0.4) is 0 Å². The molecule has 3 N–H and O–H groups in total. The van der Waals surface area contributed by atoms with Gasteiger partial charge in [0.1, 0.15) is 0 Å². The number of primary amides is 1. The van der Waals surface area contributed by atoms with Gasteiger partial charge in [0, 0.05) is 5.88 Å². The SMILES string of the molecule is NC(=O)NS(=O)(=O)c1ccc(CCCl)cc1. The topological polar surface area (TPSA) is 89.3 Å². The van der Waals surface area contributed by atoms with Gasteiger partial charge in [0.15, 0.2) is 0 Å². The van der Waals surface area contributed by atoms with E-state index in [1.807, 2.05) is 0 Å². The molecule has 88 valence electrons. The second-order valence-electron chi connectivity index (χ2n) is 3.05. The van der Waals surface area contributed by atoms with Gasteiger partial charge in [-0.15, -0.1) is 11.6 Å². The quantitative estimate of drug-likeness (QED) is 0.788. The highest BCUT2D eigenvalue weighted by Crippen LogP contribution is 2.11. The monoisotopic (exact) mass is 262 g/mol. The van der Waals surface area contributed by atoms with Crippen LogP contribution in [0.5, 0.6) is 0 Å². The Kier molecular flexibility index (Phi) is 4.14. The molecule has 2 amide bonds. The van der Waals surface area contributed by atoms with Crippen LogP contribution in [0.2, 0.25) is 0 Å². The van der Waals surface area contributed by atoms with Crippen molar-refractivity contribution in [3.05, 3.63) is 29.8 Å². The molecule has 0 aliphatic rings. The van der Waals surface area contributed by atoms with Crippen molar-refractivity contribution in [3.8, 4) is 0 Å². The maximum atomic E-state index is 11.5. The van der Waals surface area contributed by atoms with Gasteiger partial charge in [-0.25, -0.2) is 17.9 Å². The van der Waals surface area contributed by atoms with Crippen LogP contribution in [-0.2, 0) is 16.4 Å². The van der Waals surface area contributed by atoms with E-state index in [2.05, 4.69) is 0 Å². The first kappa shape index (κ1) is 12.8. The van der Waals surface area contributed by atoms with E-state index in [1.165, 1.54) is 12.1 Å². The summed E-state index contributed by atoms with van der Waals surface area (Å²) in [6.45, 7) is 0. The number of alkyl halides is 1. The zero-order valence-corrected chi connectivity index (χ0v) is 9.88. The summed E-state index contributed by atoms with van der Waals surface area (Å²) in [7, 11) is -3.85. The average Bonchev–Trinajstić information content (AvgIpc) is 2.17. The molecule has 1 aromatic rings. The normalized spacial score (nSPS) is 11.1. The van der Waals surface area contributed by atoms with Crippen LogP contribution in [0.1, 0.15) is 5.56 Å². The fourth-order valence-corrected chi connectivity index (χ4v) is 2.23. The first-order valence-electron chi connectivity index (χ1n) is 4.43. The number of nitrogens with one attached hydrogen (secondary N) is 1. The molecular formula is C9H11ClN2O3S. The molecule has 1 rings (SSSR count). The molecule has 0 fully saturated rings. The number of hydrogen-bond acceptors (Lipinski definition) is 3. The predicted molar refractivity (Wildman–Crippen MR) is 60.8 cm³/mol. The van der Waals surface area contributed by atoms with Gasteiger partial charge >= 0.3 is 6.03 Å². The van der Waals surface area contributed by atoms with E-state index in [1.54, 1.807) is 16.9 Å². The van der Waals surface area contributed by atoms with E-state index in [4.69, 9.17) is 17.3 Å². The van der Waals surface area contributed by atoms with Gasteiger partial charge in [0.2, 0.25) is 0 Å². The van der Waals surface area contributed by atoms with Gasteiger partial charge < -0.3 is 5.73 Å². The second kappa shape index (κ2) is 5.18. The van der Waals surface area contributed by atoms with Crippen LogP contribution in [0.25, 0.3) is 0 Å². The lowest BCUT2D eigenvalue weighted by molar-refractivity contribution is 0.253. The molecule has 5 nitrogen and oxygen atoms in total. The van der Waals surface area contributed by atoms with Crippen molar-refractivity contribution in [2.75, 3.05) is 5.88 Å². The lowest BCUT2D eigenvalue weighted by atomic mass is 10.2. The number of amides is 2. The van der Waals surface area contributed by atoms with Crippen molar-refractivity contribution in [1.29, 1.82) is 0 Å². The van der Waals surface area contributed by atoms with Gasteiger partial charge in [-0.1, -0.05) is 12.1 Å². The number of urea groups is 1. The minimum absolute atomic E-state index is 0.00961. The zero-order chi connectivity index (χ0) is 12.2. The molecule has 0 aromatic heterocycles. The molecule has 0 saturated heterocycles. The van der Waals surface area contributed by atoms with Crippen LogP contribution in [0, 0.1) is 0 Å². The van der Waals surface area contributed by atoms with Crippen LogP contribution in [-0.4, -0.2) is 20.3 Å². The van der Waals surface area contributed by atoms with E-state index >= 15 is 0 Å². The Hall–Kier alpha value is -1.27. The number of halogens is 1. The molecule has 7 heteroatoms. The third-order valence-electron chi connectivity index (χ3n) is 1.85. The highest BCUT2D eigenvalue weighted by Gasteiger charge is 2.15. The number of benzene rings is 1. The number of hydrogen-bond donors (Lipinski definition) is 2. The molecule has 0 aliphatic carbocycles. The van der Waals surface area contributed by atoms with Crippen LogP contribution < -0.4 is 10.5 Å². The summed E-state index contributed by atoms with van der Waals surface area (Å²) in [4.78, 5) is 10.5. The summed E-state index contributed by atoms with van der Waals surface area (Å²) in [5.41, 5.74) is 5.67. The molecule has 1 aromatic carbocycles. The summed E-state index contributed by atoms with van der Waals surface area (Å²) >= 11 is 5.54. The lowest BCUT2D eigenvalue weighted by Gasteiger charge is -2.05. The third kappa shape index (κ3) is 3.39. The van der Waals surface area contributed by atoms with E-state index in [-0.39, 0.29) is 4.90 Å². The summed E-state index contributed by atoms with van der Waals surface area (Å²) in [5.74, 6) is 0.464. The van der Waals surface area contributed by atoms with E-state index in [0.717, 1.165) is 5.56 Å². The molecule has 0 radical (unpaired) electrons. The summed E-state index contributed by atoms with van der Waals surface area (Å²) in [6, 6.07) is 4.96. The van der Waals surface area contributed by atoms with Gasteiger partial charge in [0.25, 0.3) is 10.0 Å². The van der Waals surface area contributed by atoms with Crippen molar-refractivity contribution in [2.45, 2.75) is 11.3 Å². The molecule has 0 saturated carbocycles. The number of nitrogens with two attached hydrogens (primary N) is 1. The van der Waals surface area contributed by atoms with Gasteiger partial charge in [-0.2, -0.15) is 0 Å². The molecule has 0 atom stereocenters. The predicted octanol–water partition coefficient (Wildman–Crippen LogP) is 0.825. The largest absolute Gasteiger partial charge is 0.351 e. The first-order valence-corrected chi connectivity index (χ1v) is 6.44. The number of carbonyl (C=O) groups excluding carboxylic acids is 1. The smallest absolute Gasteiger partial charge is 0.326 e. The molecule has 0 aliphatic heterocycles. The van der Waals surface area contributed by atoms with Crippen LogP contribution in [0.15, 0.2) is 29.2 Å². The maximum absolute atomic E-state index is 11.5. The molecule has 0 spiro atoms. The Balaban J connectivity index is 2.93. The number of sulfonamides is 1. The Morgan fingerprint density at radius 3 is 2.31 bits per heavy atom. The van der Waals surface area contributed by atoms with Gasteiger partial charge in [0.05, 0.1) is 4.90 Å². The summed E-state index contributed by atoms with van der Waals surface area (Å²) in [6.07, 6.45) is 0.658. The Labute approximate surface area is 98.6 Å².